The third-order valence-electron chi connectivity index (χ3n) is 6.25. The Hall–Kier alpha value is -3.06. The monoisotopic (exact) mass is 444 g/mol. The van der Waals surface area contributed by atoms with Gasteiger partial charge in [-0.05, 0) is 12.1 Å². The maximum atomic E-state index is 13.5. The van der Waals surface area contributed by atoms with Crippen LogP contribution in [0.4, 0.5) is 0 Å². The van der Waals surface area contributed by atoms with E-state index in [1.54, 1.807) is 22.6 Å². The van der Waals surface area contributed by atoms with Crippen molar-refractivity contribution in [2.45, 2.75) is 10.9 Å². The smallest absolute Gasteiger partial charge is 0.245 e. The van der Waals surface area contributed by atoms with E-state index in [-0.39, 0.29) is 6.04 Å². The molecule has 0 saturated carbocycles. The number of nitrogens with one attached hydrogen (secondary N) is 1. The number of piperazine rings is 1. The molecule has 4 aromatic rings. The van der Waals surface area contributed by atoms with Crippen molar-refractivity contribution in [2.75, 3.05) is 26.2 Å². The summed E-state index contributed by atoms with van der Waals surface area (Å²) in [6.07, 6.45) is 1.65. The average Bonchev–Trinajstić information content (AvgIpc) is 2.85. The van der Waals surface area contributed by atoms with E-state index in [4.69, 9.17) is 0 Å². The number of sulfonamides is 1. The van der Waals surface area contributed by atoms with Crippen LogP contribution in [0.1, 0.15) is 17.2 Å². The summed E-state index contributed by atoms with van der Waals surface area (Å²) in [5.41, 5.74) is 3.04. The van der Waals surface area contributed by atoms with E-state index < -0.39 is 10.0 Å². The molecule has 1 saturated heterocycles. The van der Waals surface area contributed by atoms with Crippen molar-refractivity contribution in [2.24, 2.45) is 0 Å². The second kappa shape index (κ2) is 8.82. The van der Waals surface area contributed by atoms with Gasteiger partial charge in [0.2, 0.25) is 10.0 Å². The van der Waals surface area contributed by atoms with Gasteiger partial charge in [-0.1, -0.05) is 78.9 Å². The van der Waals surface area contributed by atoms with Gasteiger partial charge in [-0.15, -0.1) is 0 Å². The fourth-order valence-corrected chi connectivity index (χ4v) is 6.29. The van der Waals surface area contributed by atoms with Gasteiger partial charge in [0.15, 0.2) is 0 Å². The minimum atomic E-state index is -3.61. The lowest BCUT2D eigenvalue weighted by molar-refractivity contribution is -0.929. The van der Waals surface area contributed by atoms with Crippen LogP contribution in [0, 0.1) is 0 Å². The molecule has 0 bridgehead atoms. The van der Waals surface area contributed by atoms with Gasteiger partial charge in [-0.2, -0.15) is 4.31 Å². The van der Waals surface area contributed by atoms with Crippen LogP contribution in [-0.4, -0.2) is 43.9 Å². The van der Waals surface area contributed by atoms with Gasteiger partial charge in [0.05, 0.1) is 31.7 Å². The number of para-hydroxylation sites is 1. The van der Waals surface area contributed by atoms with Crippen molar-refractivity contribution in [3.05, 3.63) is 108 Å². The van der Waals surface area contributed by atoms with Crippen LogP contribution in [0.5, 0.6) is 0 Å². The predicted molar refractivity (Wildman–Crippen MR) is 126 cm³/mol. The zero-order valence-corrected chi connectivity index (χ0v) is 18.6. The van der Waals surface area contributed by atoms with Crippen LogP contribution >= 0.6 is 0 Å². The Morgan fingerprint density at radius 1 is 0.750 bits per heavy atom. The third kappa shape index (κ3) is 3.93. The number of hydrogen-bond acceptors (Lipinski definition) is 3. The number of nitrogens with zero attached hydrogens (tertiary/aromatic N) is 2. The van der Waals surface area contributed by atoms with E-state index in [2.05, 4.69) is 53.5 Å². The number of quaternary nitrogens is 1. The van der Waals surface area contributed by atoms with Crippen LogP contribution in [0.3, 0.4) is 0 Å². The SMILES string of the molecule is O=S(=O)(c1cccc2cccnc12)N1CC[NH+](C(c2ccccc2)c2ccccc2)CC1. The molecule has 0 amide bonds. The molecule has 2 heterocycles. The number of fused-ring (bicyclic) bond motifs is 1. The molecule has 6 heteroatoms. The molecule has 1 aliphatic rings. The summed E-state index contributed by atoms with van der Waals surface area (Å²) in [4.78, 5) is 6.03. The van der Waals surface area contributed by atoms with Crippen molar-refractivity contribution in [1.82, 2.24) is 9.29 Å². The largest absolute Gasteiger partial charge is 0.323 e. The molecular weight excluding hydrogens is 418 g/mol. The molecule has 0 atom stereocenters. The number of pyridine rings is 1. The van der Waals surface area contributed by atoms with E-state index in [0.29, 0.717) is 23.5 Å². The number of hydrogen-bond donors (Lipinski definition) is 1. The third-order valence-corrected chi connectivity index (χ3v) is 8.18. The Bertz CT molecular complexity index is 1260. The molecule has 5 nitrogen and oxygen atoms in total. The molecule has 0 spiro atoms. The molecule has 1 aliphatic heterocycles. The maximum absolute atomic E-state index is 13.5. The molecule has 3 aromatic carbocycles. The molecular formula is C26H26N3O2S+. The van der Waals surface area contributed by atoms with Crippen molar-refractivity contribution >= 4 is 20.9 Å². The minimum Gasteiger partial charge on any atom is -0.323 e. The van der Waals surface area contributed by atoms with Gasteiger partial charge in [-0.25, -0.2) is 8.42 Å². The lowest BCUT2D eigenvalue weighted by Crippen LogP contribution is -3.15. The van der Waals surface area contributed by atoms with E-state index in [1.165, 1.54) is 16.0 Å². The topological polar surface area (TPSA) is 54.7 Å². The first kappa shape index (κ1) is 20.8. The van der Waals surface area contributed by atoms with Gasteiger partial charge in [0, 0.05) is 22.7 Å². The van der Waals surface area contributed by atoms with E-state index in [1.807, 2.05) is 30.3 Å². The molecule has 1 aromatic heterocycles. The lowest BCUT2D eigenvalue weighted by atomic mass is 9.96. The molecule has 0 radical (unpaired) electrons. The van der Waals surface area contributed by atoms with Crippen LogP contribution in [-0.2, 0) is 10.0 Å². The fourth-order valence-electron chi connectivity index (χ4n) is 4.68. The molecule has 1 N–H and O–H groups in total. The summed E-state index contributed by atoms with van der Waals surface area (Å²) in [5.74, 6) is 0. The van der Waals surface area contributed by atoms with Crippen LogP contribution < -0.4 is 4.90 Å². The Morgan fingerprint density at radius 2 is 1.34 bits per heavy atom. The van der Waals surface area contributed by atoms with Crippen LogP contribution in [0.2, 0.25) is 0 Å². The first-order chi connectivity index (χ1) is 15.6. The van der Waals surface area contributed by atoms with Crippen LogP contribution in [0.15, 0.2) is 102 Å². The van der Waals surface area contributed by atoms with E-state index >= 15 is 0 Å². The van der Waals surface area contributed by atoms with Gasteiger partial charge in [-0.3, -0.25) is 4.98 Å². The predicted octanol–water partition coefficient (Wildman–Crippen LogP) is 2.91. The summed E-state index contributed by atoms with van der Waals surface area (Å²) in [6.45, 7) is 2.45. The summed E-state index contributed by atoms with van der Waals surface area (Å²) < 4.78 is 28.6. The lowest BCUT2D eigenvalue weighted by Gasteiger charge is -2.36. The Labute approximate surface area is 189 Å². The normalized spacial score (nSPS) is 15.9. The highest BCUT2D eigenvalue weighted by Crippen LogP contribution is 2.25. The molecule has 32 heavy (non-hydrogen) atoms. The first-order valence-electron chi connectivity index (χ1n) is 10.9. The van der Waals surface area contributed by atoms with Gasteiger partial charge < -0.3 is 4.90 Å². The summed E-state index contributed by atoms with van der Waals surface area (Å²) >= 11 is 0. The second-order valence-corrected chi connectivity index (χ2v) is 10.1. The van der Waals surface area contributed by atoms with Gasteiger partial charge in [0.1, 0.15) is 10.9 Å². The zero-order valence-electron chi connectivity index (χ0n) is 17.8. The Morgan fingerprint density at radius 3 is 1.97 bits per heavy atom. The number of rotatable bonds is 5. The fraction of sp³-hybridized carbons (Fsp3) is 0.192. The maximum Gasteiger partial charge on any atom is 0.245 e. The van der Waals surface area contributed by atoms with Crippen molar-refractivity contribution in [3.63, 3.8) is 0 Å². The van der Waals surface area contributed by atoms with Crippen molar-refractivity contribution in [3.8, 4) is 0 Å². The quantitative estimate of drug-likeness (QED) is 0.515. The standard InChI is InChI=1S/C26H25N3O2S/c30-32(31,24-15-7-13-21-14-8-16-27-25(21)24)29-19-17-28(18-20-29)26(22-9-3-1-4-10-22)23-11-5-2-6-12-23/h1-16,26H,17-20H2/p+1. The Kier molecular flexibility index (Phi) is 5.74. The Balaban J connectivity index is 1.41. The molecule has 162 valence electrons. The highest BCUT2D eigenvalue weighted by atomic mass is 32.2. The summed E-state index contributed by atoms with van der Waals surface area (Å²) in [5, 5.41) is 0.839. The first-order valence-corrected chi connectivity index (χ1v) is 12.4. The zero-order chi connectivity index (χ0) is 22.0. The number of benzene rings is 3. The average molecular weight is 445 g/mol. The van der Waals surface area contributed by atoms with Gasteiger partial charge >= 0.3 is 0 Å². The minimum absolute atomic E-state index is 0.182. The number of aromatic nitrogens is 1. The van der Waals surface area contributed by atoms with Crippen molar-refractivity contribution in [1.29, 1.82) is 0 Å². The molecule has 0 unspecified atom stereocenters. The van der Waals surface area contributed by atoms with Crippen LogP contribution in [0.25, 0.3) is 10.9 Å². The second-order valence-electron chi connectivity index (χ2n) is 8.15. The molecule has 5 rings (SSSR count). The van der Waals surface area contributed by atoms with Gasteiger partial charge in [0.25, 0.3) is 0 Å². The van der Waals surface area contributed by atoms with E-state index in [9.17, 15) is 8.42 Å². The molecule has 1 fully saturated rings. The van der Waals surface area contributed by atoms with Crippen molar-refractivity contribution < 1.29 is 13.3 Å². The molecule has 0 aliphatic carbocycles. The highest BCUT2D eigenvalue weighted by Gasteiger charge is 2.35. The summed E-state index contributed by atoms with van der Waals surface area (Å²) in [7, 11) is -3.61. The van der Waals surface area contributed by atoms with E-state index in [0.717, 1.165) is 18.5 Å². The highest BCUT2D eigenvalue weighted by molar-refractivity contribution is 7.89. The summed E-state index contributed by atoms with van der Waals surface area (Å²) in [6, 6.07) is 30.2.